The minimum Gasteiger partial charge on any atom is -0.344 e. The van der Waals surface area contributed by atoms with Crippen molar-refractivity contribution in [1.82, 2.24) is 10.3 Å². The third-order valence-electron chi connectivity index (χ3n) is 3.36. The molecule has 2 N–H and O–H groups in total. The summed E-state index contributed by atoms with van der Waals surface area (Å²) in [6.07, 6.45) is 2.21. The highest BCUT2D eigenvalue weighted by Crippen LogP contribution is 2.22. The second-order valence-corrected chi connectivity index (χ2v) is 6.97. The third kappa shape index (κ3) is 5.13. The molecule has 128 valence electrons. The maximum absolute atomic E-state index is 13.2. The quantitative estimate of drug-likeness (QED) is 0.842. The maximum atomic E-state index is 13.2. The fourth-order valence-electron chi connectivity index (χ4n) is 2.23. The van der Waals surface area contributed by atoms with E-state index < -0.39 is 6.04 Å². The number of carbonyl (C=O) groups excluding carboxylic acids is 2. The Morgan fingerprint density at radius 1 is 1.33 bits per heavy atom. The van der Waals surface area contributed by atoms with Crippen LogP contribution in [-0.2, 0) is 16.0 Å². The fraction of sp³-hybridized carbons (Fsp3) is 0.353. The number of rotatable bonds is 6. The number of thiazole rings is 1. The zero-order chi connectivity index (χ0) is 17.7. The van der Waals surface area contributed by atoms with Crippen molar-refractivity contribution in [3.8, 4) is 0 Å². The van der Waals surface area contributed by atoms with Crippen LogP contribution < -0.4 is 10.6 Å². The predicted octanol–water partition coefficient (Wildman–Crippen LogP) is 2.97. The lowest BCUT2D eigenvalue weighted by Gasteiger charge is -2.20. The van der Waals surface area contributed by atoms with Crippen LogP contribution in [0.3, 0.4) is 0 Å². The fourth-order valence-corrected chi connectivity index (χ4v) is 3.08. The zero-order valence-electron chi connectivity index (χ0n) is 13.8. The van der Waals surface area contributed by atoms with Crippen molar-refractivity contribution in [2.24, 2.45) is 5.92 Å². The molecule has 0 spiro atoms. The summed E-state index contributed by atoms with van der Waals surface area (Å²) in [4.78, 5) is 28.6. The molecule has 1 heterocycles. The minimum atomic E-state index is -0.613. The lowest BCUT2D eigenvalue weighted by molar-refractivity contribution is -0.126. The van der Waals surface area contributed by atoms with Gasteiger partial charge in [0.25, 0.3) is 0 Å². The van der Waals surface area contributed by atoms with Crippen molar-refractivity contribution in [2.75, 3.05) is 5.32 Å². The lowest BCUT2D eigenvalue weighted by Crippen LogP contribution is -2.46. The number of halogens is 1. The molecular weight excluding hydrogens is 329 g/mol. The van der Waals surface area contributed by atoms with Gasteiger partial charge in [-0.2, -0.15) is 0 Å². The van der Waals surface area contributed by atoms with E-state index in [4.69, 9.17) is 0 Å². The van der Waals surface area contributed by atoms with Gasteiger partial charge in [-0.1, -0.05) is 26.0 Å². The number of hydrogen-bond donors (Lipinski definition) is 2. The molecule has 0 saturated heterocycles. The molecule has 0 radical (unpaired) electrons. The Morgan fingerprint density at radius 3 is 2.71 bits per heavy atom. The summed E-state index contributed by atoms with van der Waals surface area (Å²) in [5, 5.41) is 5.82. The van der Waals surface area contributed by atoms with E-state index in [2.05, 4.69) is 15.6 Å². The number of benzene rings is 1. The summed E-state index contributed by atoms with van der Waals surface area (Å²) in [5.41, 5.74) is 0.842. The average molecular weight is 349 g/mol. The smallest absolute Gasteiger partial charge is 0.248 e. The summed E-state index contributed by atoms with van der Waals surface area (Å²) >= 11 is 1.33. The minimum absolute atomic E-state index is 0.0411. The molecule has 0 aliphatic heterocycles. The largest absolute Gasteiger partial charge is 0.344 e. The van der Waals surface area contributed by atoms with Crippen LogP contribution in [0.15, 0.2) is 30.5 Å². The van der Waals surface area contributed by atoms with E-state index in [0.29, 0.717) is 11.6 Å². The van der Waals surface area contributed by atoms with Crippen LogP contribution in [0, 0.1) is 11.7 Å². The van der Waals surface area contributed by atoms with Gasteiger partial charge in [0, 0.05) is 24.4 Å². The van der Waals surface area contributed by atoms with Gasteiger partial charge >= 0.3 is 0 Å². The van der Waals surface area contributed by atoms with Crippen molar-refractivity contribution in [3.05, 3.63) is 46.7 Å². The van der Waals surface area contributed by atoms with Gasteiger partial charge in [0.15, 0.2) is 5.13 Å². The highest BCUT2D eigenvalue weighted by atomic mass is 32.1. The first-order valence-electron chi connectivity index (χ1n) is 7.62. The number of nitrogens with zero attached hydrogens (tertiary/aromatic N) is 1. The SMILES string of the molecule is CC(=O)NC(C(=O)Nc1ncc(Cc2cccc(F)c2)s1)C(C)C. The van der Waals surface area contributed by atoms with Gasteiger partial charge < -0.3 is 10.6 Å². The first kappa shape index (κ1) is 18.1. The Bertz CT molecular complexity index is 730. The Kier molecular flexibility index (Phi) is 6.03. The molecule has 1 aromatic heterocycles. The molecule has 2 aromatic rings. The third-order valence-corrected chi connectivity index (χ3v) is 4.27. The molecule has 0 aliphatic rings. The maximum Gasteiger partial charge on any atom is 0.248 e. The highest BCUT2D eigenvalue weighted by molar-refractivity contribution is 7.15. The number of nitrogens with one attached hydrogen (secondary N) is 2. The van der Waals surface area contributed by atoms with Crippen LogP contribution in [-0.4, -0.2) is 22.8 Å². The molecule has 0 aliphatic carbocycles. The first-order valence-corrected chi connectivity index (χ1v) is 8.44. The number of aromatic nitrogens is 1. The van der Waals surface area contributed by atoms with Gasteiger partial charge in [0.1, 0.15) is 11.9 Å². The van der Waals surface area contributed by atoms with Gasteiger partial charge in [-0.05, 0) is 23.6 Å². The monoisotopic (exact) mass is 349 g/mol. The van der Waals surface area contributed by atoms with Gasteiger partial charge in [0.05, 0.1) is 0 Å². The van der Waals surface area contributed by atoms with Crippen molar-refractivity contribution in [2.45, 2.75) is 33.2 Å². The molecule has 24 heavy (non-hydrogen) atoms. The summed E-state index contributed by atoms with van der Waals surface area (Å²) in [6, 6.07) is 5.76. The summed E-state index contributed by atoms with van der Waals surface area (Å²) in [5.74, 6) is -0.872. The molecule has 2 rings (SSSR count). The average Bonchev–Trinajstić information content (AvgIpc) is 2.91. The van der Waals surface area contributed by atoms with Crippen LogP contribution in [0.1, 0.15) is 31.2 Å². The molecule has 0 fully saturated rings. The van der Waals surface area contributed by atoms with E-state index in [-0.39, 0.29) is 23.5 Å². The topological polar surface area (TPSA) is 71.1 Å². The van der Waals surface area contributed by atoms with Crippen molar-refractivity contribution in [1.29, 1.82) is 0 Å². The van der Waals surface area contributed by atoms with E-state index >= 15 is 0 Å². The second kappa shape index (κ2) is 8.01. The van der Waals surface area contributed by atoms with E-state index in [1.807, 2.05) is 19.9 Å². The standard InChI is InChI=1S/C17H20FN3O2S/c1-10(2)15(20-11(3)22)16(23)21-17-19-9-14(24-17)8-12-5-4-6-13(18)7-12/h4-7,9-10,15H,8H2,1-3H3,(H,20,22)(H,19,21,23). The van der Waals surface area contributed by atoms with Gasteiger partial charge in [-0.25, -0.2) is 9.37 Å². The number of anilines is 1. The molecule has 0 bridgehead atoms. The molecule has 1 aromatic carbocycles. The van der Waals surface area contributed by atoms with Crippen molar-refractivity contribution < 1.29 is 14.0 Å². The number of hydrogen-bond acceptors (Lipinski definition) is 4. The van der Waals surface area contributed by atoms with Crippen LogP contribution in [0.25, 0.3) is 0 Å². The van der Waals surface area contributed by atoms with E-state index in [1.165, 1.54) is 30.4 Å². The van der Waals surface area contributed by atoms with Crippen molar-refractivity contribution >= 4 is 28.3 Å². The molecule has 2 amide bonds. The predicted molar refractivity (Wildman–Crippen MR) is 92.4 cm³/mol. The number of amides is 2. The van der Waals surface area contributed by atoms with E-state index in [0.717, 1.165) is 10.4 Å². The molecular formula is C17H20FN3O2S. The number of carbonyl (C=O) groups is 2. The Hall–Kier alpha value is -2.28. The first-order chi connectivity index (χ1) is 11.3. The Labute approximate surface area is 144 Å². The van der Waals surface area contributed by atoms with Crippen molar-refractivity contribution in [3.63, 3.8) is 0 Å². The molecule has 0 saturated carbocycles. The second-order valence-electron chi connectivity index (χ2n) is 5.85. The van der Waals surface area contributed by atoms with Crippen LogP contribution >= 0.6 is 11.3 Å². The summed E-state index contributed by atoms with van der Waals surface area (Å²) in [6.45, 7) is 5.10. The van der Waals surface area contributed by atoms with E-state index in [9.17, 15) is 14.0 Å². The Balaban J connectivity index is 2.02. The van der Waals surface area contributed by atoms with Crippen LogP contribution in [0.4, 0.5) is 9.52 Å². The summed E-state index contributed by atoms with van der Waals surface area (Å²) < 4.78 is 13.2. The van der Waals surface area contributed by atoms with Crippen LogP contribution in [0.2, 0.25) is 0 Å². The van der Waals surface area contributed by atoms with E-state index in [1.54, 1.807) is 12.3 Å². The highest BCUT2D eigenvalue weighted by Gasteiger charge is 2.23. The molecule has 1 atom stereocenters. The molecule has 5 nitrogen and oxygen atoms in total. The normalized spacial score (nSPS) is 12.0. The van der Waals surface area contributed by atoms with Gasteiger partial charge in [0.2, 0.25) is 11.8 Å². The molecule has 1 unspecified atom stereocenters. The zero-order valence-corrected chi connectivity index (χ0v) is 14.6. The Morgan fingerprint density at radius 2 is 2.08 bits per heavy atom. The van der Waals surface area contributed by atoms with Gasteiger partial charge in [-0.3, -0.25) is 9.59 Å². The summed E-state index contributed by atoms with van der Waals surface area (Å²) in [7, 11) is 0. The molecule has 7 heteroatoms. The van der Waals surface area contributed by atoms with Crippen LogP contribution in [0.5, 0.6) is 0 Å². The van der Waals surface area contributed by atoms with Gasteiger partial charge in [-0.15, -0.1) is 11.3 Å². The lowest BCUT2D eigenvalue weighted by atomic mass is 10.0.